The van der Waals surface area contributed by atoms with Crippen LogP contribution in [0.4, 0.5) is 0 Å². The molecule has 0 bridgehead atoms. The molecule has 2 aromatic heterocycles. The minimum absolute atomic E-state index is 0.0443. The number of hydrogen-bond donors (Lipinski definition) is 1. The van der Waals surface area contributed by atoms with Gasteiger partial charge in [-0.1, -0.05) is 24.3 Å². The van der Waals surface area contributed by atoms with Gasteiger partial charge in [0.2, 0.25) is 0 Å². The van der Waals surface area contributed by atoms with Crippen molar-refractivity contribution in [2.75, 3.05) is 19.6 Å². The topological polar surface area (TPSA) is 52.2 Å². The van der Waals surface area contributed by atoms with E-state index in [-0.39, 0.29) is 5.91 Å². The zero-order valence-corrected chi connectivity index (χ0v) is 17.5. The quantitative estimate of drug-likeness (QED) is 0.712. The molecule has 1 atom stereocenters. The number of fused-ring (bicyclic) bond motifs is 1. The second-order valence-corrected chi connectivity index (χ2v) is 9.40. The number of hydrogen-bond acceptors (Lipinski definition) is 4. The number of benzene rings is 1. The van der Waals surface area contributed by atoms with Gasteiger partial charge in [0.25, 0.3) is 5.91 Å². The smallest absolute Gasteiger partial charge is 0.274 e. The third-order valence-electron chi connectivity index (χ3n) is 6.16. The van der Waals surface area contributed by atoms with Crippen LogP contribution in [0.2, 0.25) is 0 Å². The summed E-state index contributed by atoms with van der Waals surface area (Å²) in [6, 6.07) is 15.2. The summed E-state index contributed by atoms with van der Waals surface area (Å²) in [6.07, 6.45) is 3.31. The summed E-state index contributed by atoms with van der Waals surface area (Å²) in [6.45, 7) is 5.77. The Labute approximate surface area is 175 Å². The second-order valence-electron chi connectivity index (χ2n) is 8.11. The molecule has 1 N–H and O–H groups in total. The average molecular weight is 407 g/mol. The highest BCUT2D eigenvalue weighted by Crippen LogP contribution is 2.28. The lowest BCUT2D eigenvalue weighted by Gasteiger charge is -2.41. The number of aryl methyl sites for hydroxylation is 1. The Morgan fingerprint density at radius 3 is 2.86 bits per heavy atom. The maximum atomic E-state index is 13.1. The molecule has 1 saturated heterocycles. The van der Waals surface area contributed by atoms with Crippen molar-refractivity contribution >= 4 is 17.2 Å². The number of rotatable bonds is 3. The predicted molar refractivity (Wildman–Crippen MR) is 116 cm³/mol. The standard InChI is InChI=1S/C23H26N4OS/c1-16-8-9-22(29-16)20-13-21(25-24-20)23(28)27-11-4-7-19(15-27)26-12-10-17-5-2-3-6-18(17)14-26/h2-3,5-6,8-9,13,19H,4,7,10-12,14-15H2,1H3,(H,24,25). The lowest BCUT2D eigenvalue weighted by atomic mass is 9.96. The molecular weight excluding hydrogens is 380 g/mol. The van der Waals surface area contributed by atoms with Gasteiger partial charge in [-0.15, -0.1) is 11.3 Å². The minimum atomic E-state index is 0.0443. The largest absolute Gasteiger partial charge is 0.336 e. The van der Waals surface area contributed by atoms with E-state index in [1.54, 1.807) is 11.3 Å². The van der Waals surface area contributed by atoms with Crippen LogP contribution in [0.5, 0.6) is 0 Å². The maximum Gasteiger partial charge on any atom is 0.274 e. The van der Waals surface area contributed by atoms with Crippen LogP contribution in [0.3, 0.4) is 0 Å². The first-order valence-corrected chi connectivity index (χ1v) is 11.2. The molecule has 5 nitrogen and oxygen atoms in total. The number of aromatic nitrogens is 2. The molecule has 1 unspecified atom stereocenters. The number of nitrogens with one attached hydrogen (secondary N) is 1. The highest BCUT2D eigenvalue weighted by Gasteiger charge is 2.31. The Hall–Kier alpha value is -2.44. The van der Waals surface area contributed by atoms with E-state index in [1.165, 1.54) is 16.0 Å². The van der Waals surface area contributed by atoms with E-state index >= 15 is 0 Å². The predicted octanol–water partition coefficient (Wildman–Crippen LogP) is 4.11. The number of aromatic amines is 1. The fraction of sp³-hybridized carbons (Fsp3) is 0.391. The van der Waals surface area contributed by atoms with E-state index < -0.39 is 0 Å². The van der Waals surface area contributed by atoms with E-state index in [1.807, 2.05) is 11.0 Å². The highest BCUT2D eigenvalue weighted by molar-refractivity contribution is 7.15. The van der Waals surface area contributed by atoms with Crippen LogP contribution in [0.1, 0.15) is 39.3 Å². The first kappa shape index (κ1) is 18.6. The van der Waals surface area contributed by atoms with Crippen molar-refractivity contribution in [2.24, 2.45) is 0 Å². The minimum Gasteiger partial charge on any atom is -0.336 e. The molecule has 0 aliphatic carbocycles. The Morgan fingerprint density at radius 2 is 2.03 bits per heavy atom. The molecule has 1 aromatic carbocycles. The second kappa shape index (κ2) is 7.76. The SMILES string of the molecule is Cc1ccc(-c2cc(C(=O)N3CCCC(N4CCc5ccccc5C4)C3)n[nH]2)s1. The van der Waals surface area contributed by atoms with Crippen LogP contribution in [0.25, 0.3) is 10.6 Å². The summed E-state index contributed by atoms with van der Waals surface area (Å²) < 4.78 is 0. The lowest BCUT2D eigenvalue weighted by Crippen LogP contribution is -2.51. The van der Waals surface area contributed by atoms with Gasteiger partial charge in [0.05, 0.1) is 10.6 Å². The molecule has 150 valence electrons. The molecular formula is C23H26N4OS. The van der Waals surface area contributed by atoms with Crippen molar-refractivity contribution in [3.05, 3.63) is 64.2 Å². The van der Waals surface area contributed by atoms with Gasteiger partial charge in [0, 0.05) is 37.1 Å². The number of H-pyrrole nitrogens is 1. The number of likely N-dealkylation sites (tertiary alicyclic amines) is 1. The van der Waals surface area contributed by atoms with E-state index in [0.29, 0.717) is 11.7 Å². The summed E-state index contributed by atoms with van der Waals surface area (Å²) in [5.74, 6) is 0.0443. The van der Waals surface area contributed by atoms with Gasteiger partial charge in [0.1, 0.15) is 0 Å². The fourth-order valence-corrected chi connectivity index (χ4v) is 5.40. The molecule has 0 saturated carbocycles. The number of piperidine rings is 1. The monoisotopic (exact) mass is 406 g/mol. The average Bonchev–Trinajstić information content (AvgIpc) is 3.42. The Morgan fingerprint density at radius 1 is 1.17 bits per heavy atom. The first-order chi connectivity index (χ1) is 14.2. The van der Waals surface area contributed by atoms with Crippen molar-refractivity contribution in [1.82, 2.24) is 20.0 Å². The molecule has 1 fully saturated rings. The molecule has 1 amide bonds. The Kier molecular flexibility index (Phi) is 4.97. The van der Waals surface area contributed by atoms with Crippen molar-refractivity contribution < 1.29 is 4.79 Å². The molecule has 0 radical (unpaired) electrons. The highest BCUT2D eigenvalue weighted by atomic mass is 32.1. The zero-order chi connectivity index (χ0) is 19.8. The van der Waals surface area contributed by atoms with Crippen LogP contribution in [-0.2, 0) is 13.0 Å². The van der Waals surface area contributed by atoms with Crippen molar-refractivity contribution in [3.8, 4) is 10.6 Å². The van der Waals surface area contributed by atoms with E-state index in [9.17, 15) is 4.79 Å². The van der Waals surface area contributed by atoms with Crippen LogP contribution < -0.4 is 0 Å². The number of thiophene rings is 1. The van der Waals surface area contributed by atoms with Gasteiger partial charge in [-0.25, -0.2) is 0 Å². The van der Waals surface area contributed by atoms with Gasteiger partial charge in [-0.2, -0.15) is 5.10 Å². The van der Waals surface area contributed by atoms with E-state index in [0.717, 1.165) is 56.0 Å². The van der Waals surface area contributed by atoms with Crippen molar-refractivity contribution in [1.29, 1.82) is 0 Å². The van der Waals surface area contributed by atoms with Gasteiger partial charge >= 0.3 is 0 Å². The number of amides is 1. The number of carbonyl (C=O) groups is 1. The summed E-state index contributed by atoms with van der Waals surface area (Å²) >= 11 is 1.71. The van der Waals surface area contributed by atoms with E-state index in [4.69, 9.17) is 0 Å². The van der Waals surface area contributed by atoms with E-state index in [2.05, 4.69) is 58.4 Å². The van der Waals surface area contributed by atoms with Crippen LogP contribution in [-0.4, -0.2) is 51.6 Å². The summed E-state index contributed by atoms with van der Waals surface area (Å²) in [7, 11) is 0. The van der Waals surface area contributed by atoms with Gasteiger partial charge < -0.3 is 4.90 Å². The normalized spacial score (nSPS) is 19.9. The fourth-order valence-electron chi connectivity index (χ4n) is 4.57. The molecule has 0 spiro atoms. The summed E-state index contributed by atoms with van der Waals surface area (Å²) in [5, 5.41) is 7.36. The third-order valence-corrected chi connectivity index (χ3v) is 7.20. The van der Waals surface area contributed by atoms with Crippen molar-refractivity contribution in [2.45, 2.75) is 38.8 Å². The molecule has 29 heavy (non-hydrogen) atoms. The van der Waals surface area contributed by atoms with Crippen molar-refractivity contribution in [3.63, 3.8) is 0 Å². The third kappa shape index (κ3) is 3.74. The lowest BCUT2D eigenvalue weighted by molar-refractivity contribution is 0.0544. The molecule has 2 aliphatic rings. The molecule has 6 heteroatoms. The van der Waals surface area contributed by atoms with Crippen LogP contribution in [0, 0.1) is 6.92 Å². The summed E-state index contributed by atoms with van der Waals surface area (Å²) in [5.41, 5.74) is 4.36. The van der Waals surface area contributed by atoms with Crippen LogP contribution in [0.15, 0.2) is 42.5 Å². The molecule has 5 rings (SSSR count). The zero-order valence-electron chi connectivity index (χ0n) is 16.7. The molecule has 2 aliphatic heterocycles. The number of nitrogens with zero attached hydrogens (tertiary/aromatic N) is 3. The van der Waals surface area contributed by atoms with Gasteiger partial charge in [0.15, 0.2) is 5.69 Å². The summed E-state index contributed by atoms with van der Waals surface area (Å²) in [4.78, 5) is 20.0. The number of carbonyl (C=O) groups excluding carboxylic acids is 1. The Bertz CT molecular complexity index is 1020. The van der Waals surface area contributed by atoms with Crippen LogP contribution >= 0.6 is 11.3 Å². The first-order valence-electron chi connectivity index (χ1n) is 10.4. The molecule has 3 aromatic rings. The van der Waals surface area contributed by atoms with Gasteiger partial charge in [-0.05, 0) is 55.5 Å². The van der Waals surface area contributed by atoms with Gasteiger partial charge in [-0.3, -0.25) is 14.8 Å². The molecule has 4 heterocycles. The Balaban J connectivity index is 1.27. The maximum absolute atomic E-state index is 13.1.